The second kappa shape index (κ2) is 7.56. The Labute approximate surface area is 161 Å². The number of oxazole rings is 1. The van der Waals surface area contributed by atoms with Crippen LogP contribution in [0.1, 0.15) is 27.5 Å². The Morgan fingerprint density at radius 1 is 1.18 bits per heavy atom. The molecule has 0 aliphatic carbocycles. The van der Waals surface area contributed by atoms with Gasteiger partial charge in [-0.2, -0.15) is 5.10 Å². The van der Waals surface area contributed by atoms with Crippen molar-refractivity contribution in [3.8, 4) is 5.75 Å². The van der Waals surface area contributed by atoms with Gasteiger partial charge in [0.2, 0.25) is 0 Å². The Morgan fingerprint density at radius 2 is 2.00 bits per heavy atom. The third-order valence-corrected chi connectivity index (χ3v) is 4.51. The highest BCUT2D eigenvalue weighted by Gasteiger charge is 2.15. The quantitative estimate of drug-likeness (QED) is 0.557. The van der Waals surface area contributed by atoms with Gasteiger partial charge in [0.15, 0.2) is 11.5 Å². The van der Waals surface area contributed by atoms with Gasteiger partial charge in [0.05, 0.1) is 19.3 Å². The first kappa shape index (κ1) is 17.8. The predicted molar refractivity (Wildman–Crippen MR) is 104 cm³/mol. The molecule has 1 amide bonds. The van der Waals surface area contributed by atoms with E-state index in [4.69, 9.17) is 9.15 Å². The predicted octanol–water partition coefficient (Wildman–Crippen LogP) is 3.42. The maximum Gasteiger partial charge on any atom is 0.254 e. The van der Waals surface area contributed by atoms with E-state index in [0.717, 1.165) is 22.5 Å². The van der Waals surface area contributed by atoms with Crippen LogP contribution in [0.5, 0.6) is 5.75 Å². The average Bonchev–Trinajstić information content (AvgIpc) is 3.36. The molecule has 0 unspecified atom stereocenters. The number of benzene rings is 2. The summed E-state index contributed by atoms with van der Waals surface area (Å²) in [6, 6.07) is 14.9. The Kier molecular flexibility index (Phi) is 4.80. The molecule has 2 aromatic carbocycles. The van der Waals surface area contributed by atoms with Crippen molar-refractivity contribution in [3.05, 3.63) is 77.4 Å². The largest absolute Gasteiger partial charge is 0.497 e. The number of hydrogen-bond donors (Lipinski definition) is 1. The molecular formula is C21H20N4O3. The molecule has 4 aromatic rings. The van der Waals surface area contributed by atoms with Crippen LogP contribution in [0.3, 0.4) is 0 Å². The normalized spacial score (nSPS) is 10.9. The topological polar surface area (TPSA) is 84.2 Å². The zero-order chi connectivity index (χ0) is 19.5. The number of aromatic nitrogens is 3. The molecule has 2 aromatic heterocycles. The minimum absolute atomic E-state index is 0.0930. The molecule has 28 heavy (non-hydrogen) atoms. The Morgan fingerprint density at radius 3 is 2.71 bits per heavy atom. The first-order valence-corrected chi connectivity index (χ1v) is 8.88. The fourth-order valence-electron chi connectivity index (χ4n) is 3.02. The molecule has 0 fully saturated rings. The standard InChI is InChI=1S/C21H20N4O3/c1-25(13-16-9-10-22-24-16)21(26)15-5-8-18-19(12-15)28-20(23-18)11-14-3-6-17(27-2)7-4-14/h3-10,12H,11,13H2,1-2H3,(H,22,24). The number of carbonyl (C=O) groups is 1. The number of hydrogen-bond acceptors (Lipinski definition) is 5. The smallest absolute Gasteiger partial charge is 0.254 e. The third-order valence-electron chi connectivity index (χ3n) is 4.51. The van der Waals surface area contributed by atoms with Crippen molar-refractivity contribution in [2.24, 2.45) is 0 Å². The molecule has 0 radical (unpaired) electrons. The second-order valence-electron chi connectivity index (χ2n) is 6.56. The van der Waals surface area contributed by atoms with Crippen molar-refractivity contribution in [1.82, 2.24) is 20.1 Å². The monoisotopic (exact) mass is 376 g/mol. The molecule has 0 saturated carbocycles. The van der Waals surface area contributed by atoms with E-state index < -0.39 is 0 Å². The molecule has 0 atom stereocenters. The van der Waals surface area contributed by atoms with Gasteiger partial charge in [-0.3, -0.25) is 9.89 Å². The van der Waals surface area contributed by atoms with E-state index in [0.29, 0.717) is 30.0 Å². The van der Waals surface area contributed by atoms with Gasteiger partial charge in [0, 0.05) is 25.2 Å². The van der Waals surface area contributed by atoms with Gasteiger partial charge in [-0.05, 0) is 42.0 Å². The van der Waals surface area contributed by atoms with Crippen LogP contribution < -0.4 is 4.74 Å². The lowest BCUT2D eigenvalue weighted by atomic mass is 10.1. The molecule has 4 rings (SSSR count). The van der Waals surface area contributed by atoms with Crippen LogP contribution in [0, 0.1) is 0 Å². The van der Waals surface area contributed by atoms with Crippen LogP contribution in [0.25, 0.3) is 11.1 Å². The Bertz CT molecular complexity index is 1080. The molecule has 0 saturated heterocycles. The molecule has 0 bridgehead atoms. The minimum Gasteiger partial charge on any atom is -0.497 e. The second-order valence-corrected chi connectivity index (χ2v) is 6.56. The fraction of sp³-hybridized carbons (Fsp3) is 0.190. The highest BCUT2D eigenvalue weighted by Crippen LogP contribution is 2.21. The minimum atomic E-state index is -0.0930. The van der Waals surface area contributed by atoms with E-state index in [-0.39, 0.29) is 5.91 Å². The number of rotatable bonds is 6. The van der Waals surface area contributed by atoms with Crippen LogP contribution in [-0.2, 0) is 13.0 Å². The van der Waals surface area contributed by atoms with Crippen LogP contribution >= 0.6 is 0 Å². The SMILES string of the molecule is COc1ccc(Cc2nc3ccc(C(=O)N(C)Cc4ccn[nH]4)cc3o2)cc1. The lowest BCUT2D eigenvalue weighted by Crippen LogP contribution is -2.26. The summed E-state index contributed by atoms with van der Waals surface area (Å²) >= 11 is 0. The Balaban J connectivity index is 1.51. The first-order chi connectivity index (χ1) is 13.6. The van der Waals surface area contributed by atoms with Crippen molar-refractivity contribution >= 4 is 17.0 Å². The number of H-pyrrole nitrogens is 1. The van der Waals surface area contributed by atoms with Crippen LogP contribution in [-0.4, -0.2) is 40.1 Å². The maximum atomic E-state index is 12.7. The van der Waals surface area contributed by atoms with Gasteiger partial charge < -0.3 is 14.1 Å². The van der Waals surface area contributed by atoms with E-state index in [2.05, 4.69) is 15.2 Å². The molecule has 7 nitrogen and oxygen atoms in total. The lowest BCUT2D eigenvalue weighted by molar-refractivity contribution is 0.0783. The molecule has 142 valence electrons. The van der Waals surface area contributed by atoms with Crippen LogP contribution in [0.4, 0.5) is 0 Å². The fourth-order valence-corrected chi connectivity index (χ4v) is 3.02. The van der Waals surface area contributed by atoms with E-state index in [9.17, 15) is 4.79 Å². The summed E-state index contributed by atoms with van der Waals surface area (Å²) in [6.45, 7) is 0.454. The van der Waals surface area contributed by atoms with Gasteiger partial charge >= 0.3 is 0 Å². The molecule has 7 heteroatoms. The molecule has 1 N–H and O–H groups in total. The average molecular weight is 376 g/mol. The number of nitrogens with one attached hydrogen (secondary N) is 1. The van der Waals surface area contributed by atoms with E-state index in [1.54, 1.807) is 37.4 Å². The first-order valence-electron chi connectivity index (χ1n) is 8.88. The van der Waals surface area contributed by atoms with Gasteiger partial charge in [-0.1, -0.05) is 12.1 Å². The van der Waals surface area contributed by atoms with Crippen molar-refractivity contribution in [1.29, 1.82) is 0 Å². The highest BCUT2D eigenvalue weighted by molar-refractivity contribution is 5.96. The summed E-state index contributed by atoms with van der Waals surface area (Å²) in [4.78, 5) is 18.8. The van der Waals surface area contributed by atoms with Crippen molar-refractivity contribution in [2.75, 3.05) is 14.2 Å². The summed E-state index contributed by atoms with van der Waals surface area (Å²) in [5.74, 6) is 1.32. The molecular weight excluding hydrogens is 356 g/mol. The van der Waals surface area contributed by atoms with Crippen molar-refractivity contribution < 1.29 is 13.9 Å². The van der Waals surface area contributed by atoms with E-state index >= 15 is 0 Å². The number of amides is 1. The van der Waals surface area contributed by atoms with E-state index in [1.807, 2.05) is 36.4 Å². The number of ether oxygens (including phenoxy) is 1. The maximum absolute atomic E-state index is 12.7. The van der Waals surface area contributed by atoms with Gasteiger partial charge in [-0.25, -0.2) is 4.98 Å². The van der Waals surface area contributed by atoms with Gasteiger partial charge in [0.25, 0.3) is 5.91 Å². The molecule has 0 aliphatic heterocycles. The number of aromatic amines is 1. The number of methoxy groups -OCH3 is 1. The zero-order valence-electron chi connectivity index (χ0n) is 15.7. The summed E-state index contributed by atoms with van der Waals surface area (Å²) in [6.07, 6.45) is 2.24. The summed E-state index contributed by atoms with van der Waals surface area (Å²) in [5.41, 5.74) is 3.84. The highest BCUT2D eigenvalue weighted by atomic mass is 16.5. The zero-order valence-corrected chi connectivity index (χ0v) is 15.7. The summed E-state index contributed by atoms with van der Waals surface area (Å²) in [5, 5.41) is 6.76. The summed E-state index contributed by atoms with van der Waals surface area (Å²) in [7, 11) is 3.39. The number of carbonyl (C=O) groups excluding carboxylic acids is 1. The Hall–Kier alpha value is -3.61. The van der Waals surface area contributed by atoms with Crippen LogP contribution in [0.15, 0.2) is 59.1 Å². The number of fused-ring (bicyclic) bond motifs is 1. The van der Waals surface area contributed by atoms with E-state index in [1.165, 1.54) is 0 Å². The number of nitrogens with zero attached hydrogens (tertiary/aromatic N) is 3. The lowest BCUT2D eigenvalue weighted by Gasteiger charge is -2.15. The summed E-state index contributed by atoms with van der Waals surface area (Å²) < 4.78 is 11.1. The van der Waals surface area contributed by atoms with Crippen molar-refractivity contribution in [3.63, 3.8) is 0 Å². The third kappa shape index (κ3) is 3.73. The van der Waals surface area contributed by atoms with Crippen LogP contribution in [0.2, 0.25) is 0 Å². The molecule has 2 heterocycles. The molecule has 0 aliphatic rings. The molecule has 0 spiro atoms. The van der Waals surface area contributed by atoms with Crippen molar-refractivity contribution in [2.45, 2.75) is 13.0 Å². The van der Waals surface area contributed by atoms with Gasteiger partial charge in [0.1, 0.15) is 11.3 Å². The van der Waals surface area contributed by atoms with Gasteiger partial charge in [-0.15, -0.1) is 0 Å².